The van der Waals surface area contributed by atoms with Gasteiger partial charge in [0.1, 0.15) is 0 Å². The molecule has 9 heavy (non-hydrogen) atoms. The lowest BCUT2D eigenvalue weighted by Gasteiger charge is -1.96. The normalized spacial score (nSPS) is 9.56. The Kier molecular flexibility index (Phi) is 5.59. The standard InChI is InChI=1S/C8H15F/c1-8(2)6-4-3-5-7-9/h1,3-7H2,2H3. The Bertz CT molecular complexity index is 76.6. The molecule has 0 amide bonds. The van der Waals surface area contributed by atoms with Crippen molar-refractivity contribution in [2.24, 2.45) is 0 Å². The topological polar surface area (TPSA) is 0 Å². The summed E-state index contributed by atoms with van der Waals surface area (Å²) in [4.78, 5) is 0. The quantitative estimate of drug-likeness (QED) is 0.396. The van der Waals surface area contributed by atoms with Gasteiger partial charge in [-0.2, -0.15) is 0 Å². The van der Waals surface area contributed by atoms with Crippen molar-refractivity contribution < 1.29 is 4.39 Å². The van der Waals surface area contributed by atoms with Gasteiger partial charge in [-0.3, -0.25) is 4.39 Å². The lowest BCUT2D eigenvalue weighted by Crippen LogP contribution is -1.79. The molecule has 0 saturated carbocycles. The van der Waals surface area contributed by atoms with Gasteiger partial charge in [-0.25, -0.2) is 0 Å². The molecule has 1 heteroatoms. The minimum Gasteiger partial charge on any atom is -0.251 e. The molecule has 0 fully saturated rings. The summed E-state index contributed by atoms with van der Waals surface area (Å²) in [6, 6.07) is 0. The van der Waals surface area contributed by atoms with Crippen molar-refractivity contribution in [1.29, 1.82) is 0 Å². The number of hydrogen-bond donors (Lipinski definition) is 0. The van der Waals surface area contributed by atoms with E-state index in [2.05, 4.69) is 6.58 Å². The van der Waals surface area contributed by atoms with E-state index in [1.807, 2.05) is 6.92 Å². The van der Waals surface area contributed by atoms with Gasteiger partial charge in [0.05, 0.1) is 6.67 Å². The molecule has 0 aromatic heterocycles. The molecule has 0 unspecified atom stereocenters. The maximum Gasteiger partial charge on any atom is 0.0894 e. The zero-order valence-corrected chi connectivity index (χ0v) is 6.12. The second-order valence-corrected chi connectivity index (χ2v) is 2.46. The maximum atomic E-state index is 11.5. The molecule has 0 heterocycles. The van der Waals surface area contributed by atoms with E-state index in [4.69, 9.17) is 0 Å². The Morgan fingerprint density at radius 3 is 2.44 bits per heavy atom. The predicted molar refractivity (Wildman–Crippen MR) is 39.3 cm³/mol. The summed E-state index contributed by atoms with van der Waals surface area (Å²) in [5, 5.41) is 0. The van der Waals surface area contributed by atoms with Gasteiger partial charge in [-0.1, -0.05) is 12.0 Å². The van der Waals surface area contributed by atoms with Crippen molar-refractivity contribution in [3.05, 3.63) is 12.2 Å². The summed E-state index contributed by atoms with van der Waals surface area (Å²) in [6.07, 6.45) is 3.87. The van der Waals surface area contributed by atoms with Gasteiger partial charge in [0.25, 0.3) is 0 Å². The zero-order valence-electron chi connectivity index (χ0n) is 6.12. The molecule has 0 aliphatic rings. The average molecular weight is 130 g/mol. The fourth-order valence-corrected chi connectivity index (χ4v) is 0.698. The van der Waals surface area contributed by atoms with Gasteiger partial charge in [0.15, 0.2) is 0 Å². The van der Waals surface area contributed by atoms with Crippen LogP contribution < -0.4 is 0 Å². The monoisotopic (exact) mass is 130 g/mol. The molecule has 0 N–H and O–H groups in total. The van der Waals surface area contributed by atoms with E-state index < -0.39 is 0 Å². The fraction of sp³-hybridized carbons (Fsp3) is 0.750. The summed E-state index contributed by atoms with van der Waals surface area (Å²) < 4.78 is 11.5. The van der Waals surface area contributed by atoms with Crippen molar-refractivity contribution in [2.45, 2.75) is 32.6 Å². The highest BCUT2D eigenvalue weighted by Crippen LogP contribution is 2.05. The van der Waals surface area contributed by atoms with E-state index in [1.54, 1.807) is 0 Å². The molecular weight excluding hydrogens is 115 g/mol. The van der Waals surface area contributed by atoms with Crippen LogP contribution in [0.4, 0.5) is 4.39 Å². The second-order valence-electron chi connectivity index (χ2n) is 2.46. The summed E-state index contributed by atoms with van der Waals surface area (Å²) in [5.41, 5.74) is 1.20. The van der Waals surface area contributed by atoms with E-state index in [-0.39, 0.29) is 6.67 Å². The number of unbranched alkanes of at least 4 members (excludes halogenated alkanes) is 2. The van der Waals surface area contributed by atoms with Gasteiger partial charge in [-0.15, -0.1) is 6.58 Å². The Morgan fingerprint density at radius 2 is 2.00 bits per heavy atom. The number of allylic oxidation sites excluding steroid dienone is 1. The van der Waals surface area contributed by atoms with Crippen LogP contribution in [0.3, 0.4) is 0 Å². The molecule has 0 aliphatic heterocycles. The third kappa shape index (κ3) is 7.67. The number of alkyl halides is 1. The highest BCUT2D eigenvalue weighted by molar-refractivity contribution is 4.86. The smallest absolute Gasteiger partial charge is 0.0894 e. The molecule has 54 valence electrons. The van der Waals surface area contributed by atoms with Crippen LogP contribution in [0, 0.1) is 0 Å². The lowest BCUT2D eigenvalue weighted by molar-refractivity contribution is 0.456. The van der Waals surface area contributed by atoms with Gasteiger partial charge in [-0.05, 0) is 26.2 Å². The first-order valence-corrected chi connectivity index (χ1v) is 3.47. The first-order valence-electron chi connectivity index (χ1n) is 3.47. The predicted octanol–water partition coefficient (Wildman–Crippen LogP) is 3.09. The van der Waals surface area contributed by atoms with E-state index in [1.165, 1.54) is 5.57 Å². The van der Waals surface area contributed by atoms with Gasteiger partial charge in [0, 0.05) is 0 Å². The summed E-state index contributed by atoms with van der Waals surface area (Å²) in [5.74, 6) is 0. The minimum absolute atomic E-state index is 0.170. The Labute approximate surface area is 56.8 Å². The van der Waals surface area contributed by atoms with Gasteiger partial charge >= 0.3 is 0 Å². The molecule has 0 radical (unpaired) electrons. The molecule has 0 aromatic rings. The van der Waals surface area contributed by atoms with Crippen molar-refractivity contribution in [1.82, 2.24) is 0 Å². The third-order valence-corrected chi connectivity index (χ3v) is 1.24. The van der Waals surface area contributed by atoms with Crippen molar-refractivity contribution in [3.63, 3.8) is 0 Å². The van der Waals surface area contributed by atoms with Crippen molar-refractivity contribution in [3.8, 4) is 0 Å². The van der Waals surface area contributed by atoms with Crippen LogP contribution in [0.2, 0.25) is 0 Å². The zero-order chi connectivity index (χ0) is 7.11. The van der Waals surface area contributed by atoms with E-state index in [0.29, 0.717) is 6.42 Å². The van der Waals surface area contributed by atoms with Crippen LogP contribution in [0.1, 0.15) is 32.6 Å². The number of rotatable bonds is 5. The van der Waals surface area contributed by atoms with Gasteiger partial charge in [0.2, 0.25) is 0 Å². The van der Waals surface area contributed by atoms with Crippen LogP contribution in [-0.4, -0.2) is 6.67 Å². The molecule has 0 aromatic carbocycles. The SMILES string of the molecule is C=C(C)CCCCCF. The van der Waals surface area contributed by atoms with Crippen LogP contribution in [0.5, 0.6) is 0 Å². The highest BCUT2D eigenvalue weighted by atomic mass is 19.1. The van der Waals surface area contributed by atoms with Gasteiger partial charge < -0.3 is 0 Å². The van der Waals surface area contributed by atoms with Crippen LogP contribution in [0.25, 0.3) is 0 Å². The Morgan fingerprint density at radius 1 is 1.33 bits per heavy atom. The molecular formula is C8H15F. The molecule has 0 saturated heterocycles. The number of halogens is 1. The summed E-state index contributed by atoms with van der Waals surface area (Å²) >= 11 is 0. The molecule has 0 rings (SSSR count). The fourth-order valence-electron chi connectivity index (χ4n) is 0.698. The number of hydrogen-bond acceptors (Lipinski definition) is 0. The van der Waals surface area contributed by atoms with Crippen LogP contribution >= 0.6 is 0 Å². The molecule has 0 aliphatic carbocycles. The van der Waals surface area contributed by atoms with E-state index >= 15 is 0 Å². The first kappa shape index (κ1) is 8.67. The molecule has 0 atom stereocenters. The highest BCUT2D eigenvalue weighted by Gasteiger charge is 1.87. The average Bonchev–Trinajstić information content (AvgIpc) is 1.80. The Hall–Kier alpha value is -0.330. The molecule has 0 bridgehead atoms. The molecule has 0 spiro atoms. The van der Waals surface area contributed by atoms with E-state index in [9.17, 15) is 4.39 Å². The lowest BCUT2D eigenvalue weighted by atomic mass is 10.1. The first-order chi connectivity index (χ1) is 4.27. The second kappa shape index (κ2) is 5.80. The van der Waals surface area contributed by atoms with Crippen LogP contribution in [-0.2, 0) is 0 Å². The van der Waals surface area contributed by atoms with E-state index in [0.717, 1.165) is 19.3 Å². The Balaban J connectivity index is 2.83. The van der Waals surface area contributed by atoms with Crippen molar-refractivity contribution in [2.75, 3.05) is 6.67 Å². The largest absolute Gasteiger partial charge is 0.251 e. The molecule has 0 nitrogen and oxygen atoms in total. The van der Waals surface area contributed by atoms with Crippen LogP contribution in [0.15, 0.2) is 12.2 Å². The summed E-state index contributed by atoms with van der Waals surface area (Å²) in [6.45, 7) is 5.60. The minimum atomic E-state index is -0.170. The summed E-state index contributed by atoms with van der Waals surface area (Å²) in [7, 11) is 0. The van der Waals surface area contributed by atoms with Crippen molar-refractivity contribution >= 4 is 0 Å². The third-order valence-electron chi connectivity index (χ3n) is 1.24. The maximum absolute atomic E-state index is 11.5.